The summed E-state index contributed by atoms with van der Waals surface area (Å²) in [4.78, 5) is 0. The standard InChI is InChI=1S/C28H20N2/c29-23-10-6-17(7-11-23)21-14-20-5-4-19-2-1-3-25-26(18-8-12-24(30)13-9-18)16-22(15-21)27(20)28(19)25/h1-16H,29-30H2. The van der Waals surface area contributed by atoms with E-state index < -0.39 is 0 Å². The van der Waals surface area contributed by atoms with Crippen LogP contribution in [0.2, 0.25) is 0 Å². The Bertz CT molecular complexity index is 1530. The van der Waals surface area contributed by atoms with Crippen molar-refractivity contribution in [3.05, 3.63) is 97.1 Å². The highest BCUT2D eigenvalue weighted by Crippen LogP contribution is 2.42. The number of nitrogens with two attached hydrogens (primary N) is 2. The Morgan fingerprint density at radius 2 is 1.07 bits per heavy atom. The molecule has 0 fully saturated rings. The molecule has 6 aromatic rings. The van der Waals surface area contributed by atoms with E-state index in [1.54, 1.807) is 0 Å². The molecule has 142 valence electrons. The van der Waals surface area contributed by atoms with Gasteiger partial charge in [0.2, 0.25) is 0 Å². The summed E-state index contributed by atoms with van der Waals surface area (Å²) in [6.45, 7) is 0. The molecular weight excluding hydrogens is 364 g/mol. The van der Waals surface area contributed by atoms with Gasteiger partial charge in [-0.3, -0.25) is 0 Å². The molecule has 30 heavy (non-hydrogen) atoms. The highest BCUT2D eigenvalue weighted by molar-refractivity contribution is 6.26. The van der Waals surface area contributed by atoms with Crippen LogP contribution in [-0.2, 0) is 0 Å². The third-order valence-corrected chi connectivity index (χ3v) is 6.04. The van der Waals surface area contributed by atoms with Gasteiger partial charge in [-0.25, -0.2) is 0 Å². The summed E-state index contributed by atoms with van der Waals surface area (Å²) in [6, 6.07) is 34.1. The number of benzene rings is 6. The Morgan fingerprint density at radius 1 is 0.433 bits per heavy atom. The Hall–Kier alpha value is -4.04. The summed E-state index contributed by atoms with van der Waals surface area (Å²) in [5.74, 6) is 0. The van der Waals surface area contributed by atoms with Crippen LogP contribution < -0.4 is 11.5 Å². The molecule has 0 spiro atoms. The smallest absolute Gasteiger partial charge is 0.0314 e. The molecule has 2 nitrogen and oxygen atoms in total. The maximum Gasteiger partial charge on any atom is 0.0314 e. The highest BCUT2D eigenvalue weighted by Gasteiger charge is 2.14. The summed E-state index contributed by atoms with van der Waals surface area (Å²) in [5.41, 5.74) is 18.2. The van der Waals surface area contributed by atoms with Crippen LogP contribution in [0.3, 0.4) is 0 Å². The van der Waals surface area contributed by atoms with Gasteiger partial charge in [-0.15, -0.1) is 0 Å². The van der Waals surface area contributed by atoms with Crippen LogP contribution in [0.15, 0.2) is 97.1 Å². The first-order chi connectivity index (χ1) is 14.7. The molecule has 0 amide bonds. The van der Waals surface area contributed by atoms with E-state index in [4.69, 9.17) is 11.5 Å². The van der Waals surface area contributed by atoms with Gasteiger partial charge in [-0.2, -0.15) is 0 Å². The monoisotopic (exact) mass is 384 g/mol. The van der Waals surface area contributed by atoms with Crippen molar-refractivity contribution < 1.29 is 0 Å². The topological polar surface area (TPSA) is 52.0 Å². The van der Waals surface area contributed by atoms with E-state index in [-0.39, 0.29) is 0 Å². The van der Waals surface area contributed by atoms with Crippen LogP contribution in [0.5, 0.6) is 0 Å². The SMILES string of the molecule is Nc1ccc(-c2cc3ccc4cccc5c(-c6ccc(N)cc6)cc(c2)c3c45)cc1. The molecular formula is C28H20N2. The van der Waals surface area contributed by atoms with Crippen molar-refractivity contribution in [2.45, 2.75) is 0 Å². The predicted molar refractivity (Wildman–Crippen MR) is 130 cm³/mol. The van der Waals surface area contributed by atoms with Gasteiger partial charge in [0.05, 0.1) is 0 Å². The fourth-order valence-electron chi connectivity index (χ4n) is 4.59. The van der Waals surface area contributed by atoms with E-state index in [1.165, 1.54) is 54.6 Å². The lowest BCUT2D eigenvalue weighted by Gasteiger charge is -2.16. The molecule has 6 rings (SSSR count). The van der Waals surface area contributed by atoms with E-state index in [1.807, 2.05) is 24.3 Å². The molecule has 0 radical (unpaired) electrons. The van der Waals surface area contributed by atoms with Gasteiger partial charge in [0, 0.05) is 11.4 Å². The summed E-state index contributed by atoms with van der Waals surface area (Å²) in [7, 11) is 0. The molecule has 0 heterocycles. The predicted octanol–water partition coefficient (Wildman–Crippen LogP) is 7.08. The molecule has 0 aliphatic rings. The second kappa shape index (κ2) is 6.23. The average molecular weight is 384 g/mol. The van der Waals surface area contributed by atoms with Crippen molar-refractivity contribution >= 4 is 43.7 Å². The van der Waals surface area contributed by atoms with Crippen molar-refractivity contribution in [3.8, 4) is 22.3 Å². The summed E-state index contributed by atoms with van der Waals surface area (Å²) in [5, 5.41) is 7.69. The fourth-order valence-corrected chi connectivity index (χ4v) is 4.59. The first-order valence-electron chi connectivity index (χ1n) is 10.1. The van der Waals surface area contributed by atoms with Gasteiger partial charge >= 0.3 is 0 Å². The van der Waals surface area contributed by atoms with E-state index in [0.717, 1.165) is 11.4 Å². The maximum atomic E-state index is 5.94. The number of anilines is 2. The molecule has 0 atom stereocenters. The van der Waals surface area contributed by atoms with Gasteiger partial charge in [0.1, 0.15) is 0 Å². The minimum Gasteiger partial charge on any atom is -0.399 e. The second-order valence-electron chi connectivity index (χ2n) is 7.93. The Labute approximate surface area is 174 Å². The summed E-state index contributed by atoms with van der Waals surface area (Å²) < 4.78 is 0. The third-order valence-electron chi connectivity index (χ3n) is 6.04. The van der Waals surface area contributed by atoms with E-state index in [0.29, 0.717) is 0 Å². The minimum absolute atomic E-state index is 0.779. The number of nitrogen functional groups attached to an aromatic ring is 2. The quantitative estimate of drug-likeness (QED) is 0.247. The molecule has 2 heteroatoms. The fraction of sp³-hybridized carbons (Fsp3) is 0. The molecule has 6 aromatic carbocycles. The van der Waals surface area contributed by atoms with Crippen LogP contribution in [0.1, 0.15) is 0 Å². The molecule has 0 saturated carbocycles. The van der Waals surface area contributed by atoms with Crippen molar-refractivity contribution in [2.24, 2.45) is 0 Å². The zero-order chi connectivity index (χ0) is 20.2. The Kier molecular flexibility index (Phi) is 3.50. The second-order valence-corrected chi connectivity index (χ2v) is 7.93. The van der Waals surface area contributed by atoms with E-state index >= 15 is 0 Å². The van der Waals surface area contributed by atoms with E-state index in [2.05, 4.69) is 72.8 Å². The maximum absolute atomic E-state index is 5.94. The van der Waals surface area contributed by atoms with Crippen LogP contribution in [0, 0.1) is 0 Å². The van der Waals surface area contributed by atoms with Crippen molar-refractivity contribution in [1.82, 2.24) is 0 Å². The van der Waals surface area contributed by atoms with Gasteiger partial charge in [0.25, 0.3) is 0 Å². The zero-order valence-corrected chi connectivity index (χ0v) is 16.4. The Morgan fingerprint density at radius 3 is 1.80 bits per heavy atom. The van der Waals surface area contributed by atoms with Gasteiger partial charge in [0.15, 0.2) is 0 Å². The molecule has 0 aromatic heterocycles. The number of hydrogen-bond acceptors (Lipinski definition) is 2. The summed E-state index contributed by atoms with van der Waals surface area (Å²) in [6.07, 6.45) is 0. The lowest BCUT2D eigenvalue weighted by Crippen LogP contribution is -1.90. The first kappa shape index (κ1) is 16.9. The number of hydrogen-bond donors (Lipinski definition) is 2. The van der Waals surface area contributed by atoms with Gasteiger partial charge in [-0.05, 0) is 97.0 Å². The molecule has 0 aliphatic carbocycles. The molecule has 0 unspecified atom stereocenters. The molecule has 4 N–H and O–H groups in total. The van der Waals surface area contributed by atoms with Gasteiger partial charge < -0.3 is 11.5 Å². The molecule has 0 bridgehead atoms. The van der Waals surface area contributed by atoms with Crippen molar-refractivity contribution in [2.75, 3.05) is 11.5 Å². The largest absolute Gasteiger partial charge is 0.399 e. The minimum atomic E-state index is 0.779. The third kappa shape index (κ3) is 2.51. The normalized spacial score (nSPS) is 11.6. The van der Waals surface area contributed by atoms with E-state index in [9.17, 15) is 0 Å². The van der Waals surface area contributed by atoms with Crippen molar-refractivity contribution in [1.29, 1.82) is 0 Å². The van der Waals surface area contributed by atoms with Crippen LogP contribution in [-0.4, -0.2) is 0 Å². The van der Waals surface area contributed by atoms with Crippen LogP contribution in [0.25, 0.3) is 54.6 Å². The summed E-state index contributed by atoms with van der Waals surface area (Å²) >= 11 is 0. The molecule has 0 saturated heterocycles. The lowest BCUT2D eigenvalue weighted by atomic mass is 9.87. The Balaban J connectivity index is 1.72. The highest BCUT2D eigenvalue weighted by atomic mass is 14.5. The number of rotatable bonds is 2. The van der Waals surface area contributed by atoms with Crippen molar-refractivity contribution in [3.63, 3.8) is 0 Å². The van der Waals surface area contributed by atoms with Crippen LogP contribution >= 0.6 is 0 Å². The van der Waals surface area contributed by atoms with Gasteiger partial charge in [-0.1, -0.05) is 54.6 Å². The van der Waals surface area contributed by atoms with Crippen LogP contribution in [0.4, 0.5) is 11.4 Å². The molecule has 0 aliphatic heterocycles. The lowest BCUT2D eigenvalue weighted by molar-refractivity contribution is 1.64. The zero-order valence-electron chi connectivity index (χ0n) is 16.4. The first-order valence-corrected chi connectivity index (χ1v) is 10.1. The average Bonchev–Trinajstić information content (AvgIpc) is 2.78.